The van der Waals surface area contributed by atoms with Gasteiger partial charge in [0.15, 0.2) is 5.82 Å². The predicted octanol–water partition coefficient (Wildman–Crippen LogP) is 4.01. The number of nitrogens with one attached hydrogen (secondary N) is 1. The number of anilines is 2. The van der Waals surface area contributed by atoms with Crippen LogP contribution in [0.5, 0.6) is 5.75 Å². The van der Waals surface area contributed by atoms with Crippen molar-refractivity contribution in [2.24, 2.45) is 5.92 Å². The van der Waals surface area contributed by atoms with Crippen LogP contribution in [0.1, 0.15) is 12.8 Å². The lowest BCUT2D eigenvalue weighted by molar-refractivity contribution is -0.120. The molecule has 3 aromatic rings. The van der Waals surface area contributed by atoms with E-state index in [2.05, 4.69) is 32.5 Å². The van der Waals surface area contributed by atoms with E-state index >= 15 is 0 Å². The van der Waals surface area contributed by atoms with Crippen LogP contribution >= 0.6 is 0 Å². The first kappa shape index (κ1) is 18.9. The molecule has 1 aromatic heterocycles. The predicted molar refractivity (Wildman–Crippen MR) is 114 cm³/mol. The normalized spacial score (nSPS) is 14.4. The van der Waals surface area contributed by atoms with Crippen molar-refractivity contribution in [3.63, 3.8) is 0 Å². The molecule has 6 heteroatoms. The van der Waals surface area contributed by atoms with Crippen molar-refractivity contribution < 1.29 is 9.53 Å². The van der Waals surface area contributed by atoms with E-state index in [-0.39, 0.29) is 11.8 Å². The Balaban J connectivity index is 1.44. The number of rotatable bonds is 5. The minimum atomic E-state index is -0.0343. The van der Waals surface area contributed by atoms with E-state index in [0.717, 1.165) is 42.9 Å². The maximum Gasteiger partial charge on any atom is 0.227 e. The molecule has 1 N–H and O–H groups in total. The molecule has 1 aliphatic heterocycles. The summed E-state index contributed by atoms with van der Waals surface area (Å²) < 4.78 is 5.46. The highest BCUT2D eigenvalue weighted by molar-refractivity contribution is 5.95. The van der Waals surface area contributed by atoms with Crippen molar-refractivity contribution in [1.82, 2.24) is 10.2 Å². The molecule has 4 rings (SSSR count). The van der Waals surface area contributed by atoms with Crippen molar-refractivity contribution in [3.8, 4) is 16.9 Å². The zero-order chi connectivity index (χ0) is 20.1. The second kappa shape index (κ2) is 8.73. The summed E-state index contributed by atoms with van der Waals surface area (Å²) in [6.07, 6.45) is 3.23. The summed E-state index contributed by atoms with van der Waals surface area (Å²) in [5.41, 5.74) is 2.84. The zero-order valence-electron chi connectivity index (χ0n) is 16.4. The Bertz CT molecular complexity index is 955. The molecule has 2 heterocycles. The van der Waals surface area contributed by atoms with Crippen molar-refractivity contribution in [3.05, 3.63) is 66.9 Å². The van der Waals surface area contributed by atoms with Gasteiger partial charge in [0.25, 0.3) is 0 Å². The Morgan fingerprint density at radius 3 is 2.52 bits per heavy atom. The first-order valence-electron chi connectivity index (χ1n) is 9.81. The molecule has 0 radical (unpaired) electrons. The van der Waals surface area contributed by atoms with Gasteiger partial charge in [0, 0.05) is 25.2 Å². The molecular formula is C23H24N4O2. The SMILES string of the molecule is COc1ccc(-c2ccccc2)cc1NC(=O)C1CCN(c2cccnn2)CC1. The number of hydrogen-bond donors (Lipinski definition) is 1. The highest BCUT2D eigenvalue weighted by atomic mass is 16.5. The number of hydrogen-bond acceptors (Lipinski definition) is 5. The van der Waals surface area contributed by atoms with E-state index in [9.17, 15) is 4.79 Å². The lowest BCUT2D eigenvalue weighted by atomic mass is 9.95. The van der Waals surface area contributed by atoms with Gasteiger partial charge in [-0.3, -0.25) is 4.79 Å². The van der Waals surface area contributed by atoms with E-state index in [1.807, 2.05) is 48.5 Å². The number of carbonyl (C=O) groups excluding carboxylic acids is 1. The first-order valence-corrected chi connectivity index (χ1v) is 9.81. The largest absolute Gasteiger partial charge is 0.495 e. The monoisotopic (exact) mass is 388 g/mol. The molecule has 6 nitrogen and oxygen atoms in total. The van der Waals surface area contributed by atoms with Gasteiger partial charge in [0.2, 0.25) is 5.91 Å². The van der Waals surface area contributed by atoms with E-state index in [1.165, 1.54) is 0 Å². The summed E-state index contributed by atoms with van der Waals surface area (Å²) in [6, 6.07) is 19.8. The first-order chi connectivity index (χ1) is 14.2. The van der Waals surface area contributed by atoms with Crippen molar-refractivity contribution >= 4 is 17.4 Å². The maximum atomic E-state index is 12.9. The summed E-state index contributed by atoms with van der Waals surface area (Å²) >= 11 is 0. The van der Waals surface area contributed by atoms with Gasteiger partial charge in [-0.1, -0.05) is 36.4 Å². The highest BCUT2D eigenvalue weighted by Crippen LogP contribution is 2.32. The Morgan fingerprint density at radius 2 is 1.83 bits per heavy atom. The van der Waals surface area contributed by atoms with E-state index in [1.54, 1.807) is 13.3 Å². The molecule has 1 aliphatic rings. The molecule has 0 unspecified atom stereocenters. The fourth-order valence-electron chi connectivity index (χ4n) is 3.68. The fraction of sp³-hybridized carbons (Fsp3) is 0.261. The van der Waals surface area contributed by atoms with Crippen LogP contribution in [0.3, 0.4) is 0 Å². The maximum absolute atomic E-state index is 12.9. The van der Waals surface area contributed by atoms with Crippen LogP contribution < -0.4 is 15.0 Å². The third-order valence-electron chi connectivity index (χ3n) is 5.31. The van der Waals surface area contributed by atoms with Gasteiger partial charge in [-0.05, 0) is 48.2 Å². The van der Waals surface area contributed by atoms with Crippen molar-refractivity contribution in [1.29, 1.82) is 0 Å². The Kier molecular flexibility index (Phi) is 5.70. The molecule has 1 saturated heterocycles. The standard InChI is InChI=1S/C23H24N4O2/c1-29-21-10-9-19(17-6-3-2-4-7-17)16-20(21)25-23(28)18-11-14-27(15-12-18)22-8-5-13-24-26-22/h2-10,13,16,18H,11-12,14-15H2,1H3,(H,25,28). The molecule has 148 valence electrons. The highest BCUT2D eigenvalue weighted by Gasteiger charge is 2.26. The minimum Gasteiger partial charge on any atom is -0.495 e. The van der Waals surface area contributed by atoms with Gasteiger partial charge in [0.1, 0.15) is 5.75 Å². The summed E-state index contributed by atoms with van der Waals surface area (Å²) in [6.45, 7) is 1.58. The molecule has 0 spiro atoms. The Morgan fingerprint density at radius 1 is 1.03 bits per heavy atom. The molecule has 0 saturated carbocycles. The minimum absolute atomic E-state index is 0.0343. The quantitative estimate of drug-likeness (QED) is 0.715. The summed E-state index contributed by atoms with van der Waals surface area (Å²) in [5, 5.41) is 11.2. The third kappa shape index (κ3) is 4.37. The summed E-state index contributed by atoms with van der Waals surface area (Å²) in [4.78, 5) is 15.1. The molecule has 2 aromatic carbocycles. The van der Waals surface area contributed by atoms with Crippen LogP contribution in [0.25, 0.3) is 11.1 Å². The second-order valence-electron chi connectivity index (χ2n) is 7.11. The second-order valence-corrected chi connectivity index (χ2v) is 7.11. The van der Waals surface area contributed by atoms with Crippen molar-refractivity contribution in [2.45, 2.75) is 12.8 Å². The van der Waals surface area contributed by atoms with Gasteiger partial charge in [-0.25, -0.2) is 0 Å². The van der Waals surface area contributed by atoms with Gasteiger partial charge >= 0.3 is 0 Å². The van der Waals surface area contributed by atoms with E-state index < -0.39 is 0 Å². The third-order valence-corrected chi connectivity index (χ3v) is 5.31. The van der Waals surface area contributed by atoms with Crippen LogP contribution in [-0.4, -0.2) is 36.3 Å². The van der Waals surface area contributed by atoms with Crippen LogP contribution in [0.2, 0.25) is 0 Å². The van der Waals surface area contributed by atoms with Crippen molar-refractivity contribution in [2.75, 3.05) is 30.4 Å². The van der Waals surface area contributed by atoms with Crippen LogP contribution in [0.4, 0.5) is 11.5 Å². The number of carbonyl (C=O) groups is 1. The van der Waals surface area contributed by atoms with Gasteiger partial charge in [-0.15, -0.1) is 5.10 Å². The molecule has 29 heavy (non-hydrogen) atoms. The Labute approximate surface area is 170 Å². The Hall–Kier alpha value is -3.41. The number of aromatic nitrogens is 2. The average Bonchev–Trinajstić information content (AvgIpc) is 2.80. The molecule has 0 aliphatic carbocycles. The molecule has 1 amide bonds. The van der Waals surface area contributed by atoms with E-state index in [0.29, 0.717) is 11.4 Å². The topological polar surface area (TPSA) is 67.3 Å². The molecule has 0 atom stereocenters. The number of methoxy groups -OCH3 is 1. The molecule has 0 bridgehead atoms. The van der Waals surface area contributed by atoms with Gasteiger partial charge < -0.3 is 15.0 Å². The zero-order valence-corrected chi connectivity index (χ0v) is 16.4. The number of nitrogens with zero attached hydrogens (tertiary/aromatic N) is 3. The summed E-state index contributed by atoms with van der Waals surface area (Å²) in [7, 11) is 1.62. The molecule has 1 fully saturated rings. The van der Waals surface area contributed by atoms with Crippen LogP contribution in [-0.2, 0) is 4.79 Å². The number of amides is 1. The smallest absolute Gasteiger partial charge is 0.227 e. The number of piperidine rings is 1. The van der Waals surface area contributed by atoms with E-state index in [4.69, 9.17) is 4.74 Å². The number of ether oxygens (including phenoxy) is 1. The average molecular weight is 388 g/mol. The molecular weight excluding hydrogens is 364 g/mol. The van der Waals surface area contributed by atoms with Crippen LogP contribution in [0, 0.1) is 5.92 Å². The lowest BCUT2D eigenvalue weighted by Crippen LogP contribution is -2.38. The summed E-state index contributed by atoms with van der Waals surface area (Å²) in [5.74, 6) is 1.53. The van der Waals surface area contributed by atoms with Crippen LogP contribution in [0.15, 0.2) is 66.9 Å². The lowest BCUT2D eigenvalue weighted by Gasteiger charge is -2.31. The fourth-order valence-corrected chi connectivity index (χ4v) is 3.68. The van der Waals surface area contributed by atoms with Gasteiger partial charge in [0.05, 0.1) is 12.8 Å². The van der Waals surface area contributed by atoms with Gasteiger partial charge in [-0.2, -0.15) is 5.10 Å². The number of benzene rings is 2.